The lowest BCUT2D eigenvalue weighted by molar-refractivity contribution is -0.133. The molecule has 0 bridgehead atoms. The van der Waals surface area contributed by atoms with E-state index < -0.39 is 104 Å². The van der Waals surface area contributed by atoms with Gasteiger partial charge in [-0.2, -0.15) is 0 Å². The van der Waals surface area contributed by atoms with E-state index in [0.717, 1.165) is 11.1 Å². The molecule has 2 rings (SSSR count). The molecule has 0 heterocycles. The average Bonchev–Trinajstić information content (AvgIpc) is 0.895. The van der Waals surface area contributed by atoms with E-state index in [4.69, 9.17) is 37.9 Å². The van der Waals surface area contributed by atoms with E-state index in [1.807, 2.05) is 33.8 Å². The Hall–Kier alpha value is -8.41. The lowest BCUT2D eigenvalue weighted by Gasteiger charge is -2.23. The number of unbranched alkanes of at least 4 members (excludes halogenated alkanes) is 1. The van der Waals surface area contributed by atoms with Crippen LogP contribution in [0.3, 0.4) is 0 Å². The van der Waals surface area contributed by atoms with Crippen LogP contribution in [0.4, 0.5) is 19.2 Å². The topological polar surface area (TPSA) is 392 Å². The van der Waals surface area contributed by atoms with Gasteiger partial charge < -0.3 is 80.4 Å². The standard InChI is InChI=1S/C69H106N8O21/c1-48(2)40-58(60(81)23-25-62(83)70-28-16-30-93-34-32-91-6)75-64(85)53(42-51-18-10-8-11-19-51)44-55(79)46-73-67(88)96-37-36-95-66(87)72-27-15-14-22-57(50(5)78)77-69(90)98-39-38-97-68(89)74-47-56(80)45-54(43-52-20-12-9-13-21-52)65(86)76-59(41-49(3)4)61(82)24-26-63(84)71-29-17-31-94-35-33-92-7/h8-13,18-21,48-49,53-54,57-59H,14-17,22-47H2,1-7H3,(H,70,83)(H,71,84)(H,72,87)(H,73,88)(H,74,89)(H,75,85)(H,76,86)(H,77,90). The maximum atomic E-state index is 13.8. The predicted molar refractivity (Wildman–Crippen MR) is 359 cm³/mol. The van der Waals surface area contributed by atoms with Crippen LogP contribution >= 0.6 is 0 Å². The van der Waals surface area contributed by atoms with Crippen LogP contribution in [0.2, 0.25) is 0 Å². The molecule has 0 aliphatic heterocycles. The van der Waals surface area contributed by atoms with Gasteiger partial charge in [-0.15, -0.1) is 0 Å². The number of nitrogens with one attached hydrogen (secondary N) is 8. The van der Waals surface area contributed by atoms with Crippen molar-refractivity contribution in [2.45, 2.75) is 149 Å². The minimum atomic E-state index is -1.01. The second-order valence-electron chi connectivity index (χ2n) is 24.2. The summed E-state index contributed by atoms with van der Waals surface area (Å²) in [4.78, 5) is 168. The van der Waals surface area contributed by atoms with Gasteiger partial charge in [-0.3, -0.25) is 43.2 Å². The van der Waals surface area contributed by atoms with Crippen molar-refractivity contribution in [1.29, 1.82) is 0 Å². The molecule has 0 aliphatic rings. The summed E-state index contributed by atoms with van der Waals surface area (Å²) < 4.78 is 40.9. The molecule has 0 radical (unpaired) electrons. The van der Waals surface area contributed by atoms with Crippen molar-refractivity contribution in [1.82, 2.24) is 42.5 Å². The first-order valence-electron chi connectivity index (χ1n) is 33.6. The van der Waals surface area contributed by atoms with Crippen LogP contribution < -0.4 is 42.5 Å². The second-order valence-corrected chi connectivity index (χ2v) is 24.2. The number of hydrogen-bond acceptors (Lipinski definition) is 21. The highest BCUT2D eigenvalue weighted by Crippen LogP contribution is 2.19. The second kappa shape index (κ2) is 52.7. The van der Waals surface area contributed by atoms with E-state index in [1.165, 1.54) is 6.92 Å². The third kappa shape index (κ3) is 43.0. The Bertz CT molecular complexity index is 2740. The molecule has 0 fully saturated rings. The highest BCUT2D eigenvalue weighted by atomic mass is 16.6. The summed E-state index contributed by atoms with van der Waals surface area (Å²) in [6, 6.07) is 15.2. The van der Waals surface area contributed by atoms with Gasteiger partial charge in [0.2, 0.25) is 23.6 Å². The van der Waals surface area contributed by atoms with Crippen molar-refractivity contribution < 1.29 is 100 Å². The number of amides is 8. The molecule has 8 N–H and O–H groups in total. The van der Waals surface area contributed by atoms with E-state index in [1.54, 1.807) is 68.8 Å². The fraction of sp³-hybridized carbons (Fsp3) is 0.638. The summed E-state index contributed by atoms with van der Waals surface area (Å²) in [5, 5.41) is 20.8. The third-order valence-electron chi connectivity index (χ3n) is 14.7. The van der Waals surface area contributed by atoms with Crippen LogP contribution in [0.1, 0.15) is 129 Å². The molecule has 98 heavy (non-hydrogen) atoms. The Balaban J connectivity index is 1.73. The van der Waals surface area contributed by atoms with Gasteiger partial charge in [0, 0.05) is 97.4 Å². The summed E-state index contributed by atoms with van der Waals surface area (Å²) in [5.41, 5.74) is 1.53. The number of Topliss-reactive ketones (excluding diaryl/α,β-unsaturated/α-hetero) is 5. The first-order chi connectivity index (χ1) is 47.0. The summed E-state index contributed by atoms with van der Waals surface area (Å²) >= 11 is 0. The normalized spacial score (nSPS) is 12.5. The number of hydrogen-bond donors (Lipinski definition) is 8. The number of benzene rings is 2. The molecule has 5 unspecified atom stereocenters. The minimum absolute atomic E-state index is 0.00749. The van der Waals surface area contributed by atoms with E-state index >= 15 is 0 Å². The maximum absolute atomic E-state index is 13.8. The molecule has 548 valence electrons. The Morgan fingerprint density at radius 3 is 1.17 bits per heavy atom. The zero-order chi connectivity index (χ0) is 72.3. The van der Waals surface area contributed by atoms with Crippen LogP contribution in [0.15, 0.2) is 60.7 Å². The van der Waals surface area contributed by atoms with Crippen molar-refractivity contribution >= 4 is 76.9 Å². The number of rotatable bonds is 55. The summed E-state index contributed by atoms with van der Waals surface area (Å²) in [6.45, 7) is 9.92. The number of carbonyl (C=O) groups excluding carboxylic acids is 13. The number of ketones is 5. The highest BCUT2D eigenvalue weighted by molar-refractivity contribution is 5.95. The summed E-state index contributed by atoms with van der Waals surface area (Å²) in [6.07, 6.45) is -1.68. The van der Waals surface area contributed by atoms with Gasteiger partial charge in [0.25, 0.3) is 0 Å². The lowest BCUT2D eigenvalue weighted by atomic mass is 9.91. The van der Waals surface area contributed by atoms with E-state index in [2.05, 4.69) is 42.5 Å². The van der Waals surface area contributed by atoms with E-state index in [0.29, 0.717) is 91.3 Å². The Morgan fingerprint density at radius 1 is 0.398 bits per heavy atom. The minimum Gasteiger partial charge on any atom is -0.446 e. The zero-order valence-electron chi connectivity index (χ0n) is 58.1. The monoisotopic (exact) mass is 1380 g/mol. The molecule has 29 heteroatoms. The Morgan fingerprint density at radius 2 is 0.786 bits per heavy atom. The van der Waals surface area contributed by atoms with E-state index in [-0.39, 0.29) is 119 Å². The first kappa shape index (κ1) is 85.7. The molecule has 0 spiro atoms. The molecule has 2 aromatic rings. The molecule has 0 saturated carbocycles. The largest absolute Gasteiger partial charge is 0.446 e. The quantitative estimate of drug-likeness (QED) is 0.0327. The maximum Gasteiger partial charge on any atom is 0.407 e. The molecular formula is C69H106N8O21. The highest BCUT2D eigenvalue weighted by Gasteiger charge is 2.31. The van der Waals surface area contributed by atoms with Gasteiger partial charge in [0.1, 0.15) is 26.4 Å². The van der Waals surface area contributed by atoms with Gasteiger partial charge in [0.15, 0.2) is 28.9 Å². The smallest absolute Gasteiger partial charge is 0.407 e. The summed E-state index contributed by atoms with van der Waals surface area (Å²) in [5.74, 6) is -5.51. The van der Waals surface area contributed by atoms with Gasteiger partial charge in [-0.25, -0.2) is 19.2 Å². The van der Waals surface area contributed by atoms with Crippen LogP contribution in [-0.4, -0.2) is 208 Å². The third-order valence-corrected chi connectivity index (χ3v) is 14.7. The first-order valence-corrected chi connectivity index (χ1v) is 33.6. The Labute approximate surface area is 575 Å². The number of ether oxygens (including phenoxy) is 8. The van der Waals surface area contributed by atoms with Crippen molar-refractivity contribution in [2.24, 2.45) is 23.7 Å². The van der Waals surface area contributed by atoms with Crippen molar-refractivity contribution in [2.75, 3.05) is 113 Å². The molecule has 0 saturated heterocycles. The van der Waals surface area contributed by atoms with Gasteiger partial charge in [-0.05, 0) is 87.7 Å². The molecule has 0 aliphatic carbocycles. The number of methoxy groups -OCH3 is 2. The average molecular weight is 1380 g/mol. The Kier molecular flexibility index (Phi) is 46.1. The van der Waals surface area contributed by atoms with Gasteiger partial charge >= 0.3 is 24.4 Å². The number of carbonyl (C=O) groups is 13. The zero-order valence-corrected chi connectivity index (χ0v) is 58.1. The van der Waals surface area contributed by atoms with Crippen molar-refractivity contribution in [3.05, 3.63) is 71.8 Å². The fourth-order valence-electron chi connectivity index (χ4n) is 9.62. The molecule has 5 atom stereocenters. The molecule has 8 amide bonds. The van der Waals surface area contributed by atoms with Gasteiger partial charge in [0.05, 0.1) is 57.6 Å². The van der Waals surface area contributed by atoms with E-state index in [9.17, 15) is 62.3 Å². The SMILES string of the molecule is COCCOCCCNC(=O)CCC(=O)C(CC(C)C)NC(=O)C(CC(=O)CNC(=O)OCCOC(=O)NCCCCC(NC(=O)OCCOC(=O)NCC(=O)CC(Cc1ccccc1)C(=O)NC(CC(C)C)C(=O)CCC(=O)NCCCOCCOC)C(C)=O)Cc1ccccc1. The van der Waals surface area contributed by atoms with Crippen LogP contribution in [0.5, 0.6) is 0 Å². The van der Waals surface area contributed by atoms with Gasteiger partial charge in [-0.1, -0.05) is 88.4 Å². The molecular weight excluding hydrogens is 1280 g/mol. The van der Waals surface area contributed by atoms with Crippen molar-refractivity contribution in [3.8, 4) is 0 Å². The van der Waals surface area contributed by atoms with Crippen molar-refractivity contribution in [3.63, 3.8) is 0 Å². The lowest BCUT2D eigenvalue weighted by Crippen LogP contribution is -2.46. The predicted octanol–water partition coefficient (Wildman–Crippen LogP) is 4.75. The summed E-state index contributed by atoms with van der Waals surface area (Å²) in [7, 11) is 3.15. The number of alkyl carbamates (subject to hydrolysis) is 4. The van der Waals surface area contributed by atoms with Crippen LogP contribution in [0, 0.1) is 23.7 Å². The van der Waals surface area contributed by atoms with Crippen LogP contribution in [-0.2, 0) is 93.9 Å². The van der Waals surface area contributed by atoms with Crippen LogP contribution in [0.25, 0.3) is 0 Å². The molecule has 29 nitrogen and oxygen atoms in total. The fourth-order valence-corrected chi connectivity index (χ4v) is 9.62. The molecule has 0 aromatic heterocycles. The molecule has 2 aromatic carbocycles.